The molecule has 1 amide bonds. The maximum absolute atomic E-state index is 13.9. The number of hydrogen-bond acceptors (Lipinski definition) is 8. The van der Waals surface area contributed by atoms with Gasteiger partial charge in [-0.05, 0) is 61.3 Å². The highest BCUT2D eigenvalue weighted by atomic mass is 32.2. The lowest BCUT2D eigenvalue weighted by atomic mass is 9.93. The van der Waals surface area contributed by atoms with E-state index in [2.05, 4.69) is 21.9 Å². The molecule has 0 aliphatic carbocycles. The first kappa shape index (κ1) is 28.5. The number of fused-ring (bicyclic) bond motifs is 2. The molecule has 1 unspecified atom stereocenters. The van der Waals surface area contributed by atoms with Gasteiger partial charge in [0.05, 0.1) is 27.5 Å². The Labute approximate surface area is 239 Å². The smallest absolute Gasteiger partial charge is 0.302 e. The van der Waals surface area contributed by atoms with Crippen molar-refractivity contribution in [3.8, 4) is 0 Å². The Balaban J connectivity index is 1.36. The number of carbonyl (C=O) groups is 2. The fraction of sp³-hybridized carbons (Fsp3) is 0.483. The summed E-state index contributed by atoms with van der Waals surface area (Å²) >= 11 is 1.48. The molecule has 0 bridgehead atoms. The van der Waals surface area contributed by atoms with Crippen molar-refractivity contribution in [2.45, 2.75) is 56.9 Å². The van der Waals surface area contributed by atoms with Crippen molar-refractivity contribution < 1.29 is 22.7 Å². The molecule has 40 heavy (non-hydrogen) atoms. The number of nitrogens with one attached hydrogen (secondary N) is 2. The minimum absolute atomic E-state index is 0.170. The number of thiazole rings is 1. The van der Waals surface area contributed by atoms with Gasteiger partial charge >= 0.3 is 5.97 Å². The van der Waals surface area contributed by atoms with Crippen LogP contribution in [0.4, 0.5) is 5.69 Å². The molecule has 1 aromatic heterocycles. The second kappa shape index (κ2) is 12.2. The Hall–Kier alpha value is -3.02. The zero-order valence-electron chi connectivity index (χ0n) is 22.9. The Morgan fingerprint density at radius 1 is 1.18 bits per heavy atom. The largest absolute Gasteiger partial charge is 0.466 e. The summed E-state index contributed by atoms with van der Waals surface area (Å²) in [6.45, 7) is 5.66. The van der Waals surface area contributed by atoms with Gasteiger partial charge in [-0.3, -0.25) is 9.59 Å². The molecule has 2 aliphatic rings. The van der Waals surface area contributed by atoms with Crippen molar-refractivity contribution in [1.82, 2.24) is 14.6 Å². The molecule has 2 N–H and O–H groups in total. The second-order valence-electron chi connectivity index (χ2n) is 10.8. The number of piperidine rings is 1. The number of carbonyl (C=O) groups excluding carboxylic acids is 2. The normalized spacial score (nSPS) is 18.6. The standard InChI is InChI=1S/C29H36N4O5S2/c1-19-16-22-6-5-9-26(28(22)30-18-19)40(36,37)32-24(17-27-31-23-7-3-4-8-25(23)39-27)29(35)33-13-10-21(11-14-33)12-15-38-20(2)34/h3-9,19,21,24,30,32H,10-18H2,1-2H3/t19?,24-/m0/s1. The third-order valence-corrected chi connectivity index (χ3v) is 10.2. The number of rotatable bonds is 9. The van der Waals surface area contributed by atoms with Gasteiger partial charge in [0.1, 0.15) is 10.9 Å². The molecule has 0 spiro atoms. The third kappa shape index (κ3) is 6.64. The fourth-order valence-electron chi connectivity index (χ4n) is 5.54. The first-order chi connectivity index (χ1) is 19.2. The Morgan fingerprint density at radius 3 is 2.70 bits per heavy atom. The SMILES string of the molecule is CC(=O)OCCC1CCN(C(=O)[C@H](Cc2nc3ccccc3s2)NS(=O)(=O)c2cccc3c2NCC(C)C3)CC1. The average molecular weight is 585 g/mol. The third-order valence-electron chi connectivity index (χ3n) is 7.67. The summed E-state index contributed by atoms with van der Waals surface area (Å²) in [5.41, 5.74) is 2.42. The predicted molar refractivity (Wildman–Crippen MR) is 156 cm³/mol. The van der Waals surface area contributed by atoms with E-state index in [1.807, 2.05) is 30.3 Å². The predicted octanol–water partition coefficient (Wildman–Crippen LogP) is 3.98. The number of esters is 1. The molecule has 2 atom stereocenters. The van der Waals surface area contributed by atoms with Gasteiger partial charge in [0.25, 0.3) is 0 Å². The number of ether oxygens (including phenoxy) is 1. The minimum atomic E-state index is -4.01. The number of hydrogen-bond donors (Lipinski definition) is 2. The van der Waals surface area contributed by atoms with E-state index in [-0.39, 0.29) is 23.2 Å². The fourth-order valence-corrected chi connectivity index (χ4v) is 7.97. The van der Waals surface area contributed by atoms with E-state index in [4.69, 9.17) is 4.74 Å². The van der Waals surface area contributed by atoms with Crippen molar-refractivity contribution in [3.63, 3.8) is 0 Å². The number of likely N-dealkylation sites (tertiary alicyclic amines) is 1. The molecule has 1 fully saturated rings. The van der Waals surface area contributed by atoms with Crippen LogP contribution in [0.1, 0.15) is 43.7 Å². The van der Waals surface area contributed by atoms with E-state index in [1.54, 1.807) is 17.0 Å². The summed E-state index contributed by atoms with van der Waals surface area (Å²) in [6.07, 6.45) is 3.29. The number of para-hydroxylation sites is 2. The summed E-state index contributed by atoms with van der Waals surface area (Å²) in [7, 11) is -4.01. The maximum Gasteiger partial charge on any atom is 0.302 e. The van der Waals surface area contributed by atoms with Gasteiger partial charge in [-0.2, -0.15) is 4.72 Å². The molecule has 2 aromatic carbocycles. The lowest BCUT2D eigenvalue weighted by molar-refractivity contribution is -0.141. The van der Waals surface area contributed by atoms with E-state index in [1.165, 1.54) is 18.3 Å². The van der Waals surface area contributed by atoms with Gasteiger partial charge < -0.3 is 15.0 Å². The minimum Gasteiger partial charge on any atom is -0.466 e. The van der Waals surface area contributed by atoms with Gasteiger partial charge in [-0.15, -0.1) is 11.3 Å². The number of sulfonamides is 1. The molecule has 9 nitrogen and oxygen atoms in total. The monoisotopic (exact) mass is 584 g/mol. The quantitative estimate of drug-likeness (QED) is 0.365. The highest BCUT2D eigenvalue weighted by molar-refractivity contribution is 7.89. The number of anilines is 1. The molecular formula is C29H36N4O5S2. The molecule has 5 rings (SSSR count). The number of aromatic nitrogens is 1. The highest BCUT2D eigenvalue weighted by Gasteiger charge is 2.34. The molecule has 0 saturated carbocycles. The summed E-state index contributed by atoms with van der Waals surface area (Å²) < 4.78 is 36.4. The van der Waals surface area contributed by atoms with Crippen LogP contribution in [0.3, 0.4) is 0 Å². The summed E-state index contributed by atoms with van der Waals surface area (Å²) in [5, 5.41) is 4.00. The summed E-state index contributed by atoms with van der Waals surface area (Å²) in [5.74, 6) is 0.227. The van der Waals surface area contributed by atoms with Crippen LogP contribution in [0.2, 0.25) is 0 Å². The molecule has 3 heterocycles. The van der Waals surface area contributed by atoms with Crippen LogP contribution < -0.4 is 10.0 Å². The molecule has 0 radical (unpaired) electrons. The van der Waals surface area contributed by atoms with Crippen molar-refractivity contribution in [3.05, 3.63) is 53.0 Å². The Kier molecular flexibility index (Phi) is 8.72. The van der Waals surface area contributed by atoms with Gasteiger partial charge in [-0.25, -0.2) is 13.4 Å². The van der Waals surface area contributed by atoms with Gasteiger partial charge in [0.15, 0.2) is 0 Å². The van der Waals surface area contributed by atoms with Crippen molar-refractivity contribution in [2.75, 3.05) is 31.6 Å². The summed E-state index contributed by atoms with van der Waals surface area (Å²) in [6, 6.07) is 12.1. The molecular weight excluding hydrogens is 548 g/mol. The lowest BCUT2D eigenvalue weighted by Crippen LogP contribution is -2.51. The van der Waals surface area contributed by atoms with Gasteiger partial charge in [0.2, 0.25) is 15.9 Å². The lowest BCUT2D eigenvalue weighted by Gasteiger charge is -2.34. The van der Waals surface area contributed by atoms with Crippen molar-refractivity contribution in [2.24, 2.45) is 11.8 Å². The molecule has 2 aliphatic heterocycles. The van der Waals surface area contributed by atoms with E-state index < -0.39 is 16.1 Å². The average Bonchev–Trinajstić information content (AvgIpc) is 3.34. The highest BCUT2D eigenvalue weighted by Crippen LogP contribution is 2.32. The van der Waals surface area contributed by atoms with Gasteiger partial charge in [-0.1, -0.05) is 31.2 Å². The first-order valence-electron chi connectivity index (χ1n) is 13.8. The van der Waals surface area contributed by atoms with Crippen LogP contribution in [0, 0.1) is 11.8 Å². The Morgan fingerprint density at radius 2 is 1.95 bits per heavy atom. The van der Waals surface area contributed by atoms with E-state index in [0.717, 1.165) is 41.5 Å². The van der Waals surface area contributed by atoms with Crippen LogP contribution in [0.5, 0.6) is 0 Å². The zero-order chi connectivity index (χ0) is 28.3. The topological polar surface area (TPSA) is 118 Å². The molecule has 1 saturated heterocycles. The van der Waals surface area contributed by atoms with Crippen LogP contribution >= 0.6 is 11.3 Å². The summed E-state index contributed by atoms with van der Waals surface area (Å²) in [4.78, 5) is 31.5. The number of amides is 1. The Bertz CT molecular complexity index is 1450. The maximum atomic E-state index is 13.9. The van der Waals surface area contributed by atoms with Crippen molar-refractivity contribution >= 4 is 49.1 Å². The van der Waals surface area contributed by atoms with Gasteiger partial charge in [0, 0.05) is 33.0 Å². The van der Waals surface area contributed by atoms with Crippen LogP contribution in [-0.2, 0) is 37.2 Å². The molecule has 214 valence electrons. The number of benzene rings is 2. The van der Waals surface area contributed by atoms with Crippen LogP contribution in [0.25, 0.3) is 10.2 Å². The van der Waals surface area contributed by atoms with Crippen molar-refractivity contribution in [1.29, 1.82) is 0 Å². The number of nitrogens with zero attached hydrogens (tertiary/aromatic N) is 2. The van der Waals surface area contributed by atoms with E-state index in [9.17, 15) is 18.0 Å². The van der Waals surface area contributed by atoms with E-state index in [0.29, 0.717) is 48.8 Å². The first-order valence-corrected chi connectivity index (χ1v) is 16.1. The molecule has 11 heteroatoms. The second-order valence-corrected chi connectivity index (χ2v) is 13.6. The van der Waals surface area contributed by atoms with E-state index >= 15 is 0 Å². The zero-order valence-corrected chi connectivity index (χ0v) is 24.5. The van der Waals surface area contributed by atoms with Crippen LogP contribution in [-0.4, -0.2) is 62.5 Å². The van der Waals surface area contributed by atoms with Crippen LogP contribution in [0.15, 0.2) is 47.4 Å². The molecule has 3 aromatic rings.